The van der Waals surface area contributed by atoms with Gasteiger partial charge in [0.05, 0.1) is 16.9 Å². The Hall–Kier alpha value is -2.88. The van der Waals surface area contributed by atoms with Crippen molar-refractivity contribution in [3.05, 3.63) is 38.8 Å². The predicted octanol–water partition coefficient (Wildman–Crippen LogP) is 1.51. The zero-order valence-corrected chi connectivity index (χ0v) is 12.5. The van der Waals surface area contributed by atoms with E-state index in [0.717, 1.165) is 31.4 Å². The van der Waals surface area contributed by atoms with E-state index in [0.29, 0.717) is 16.7 Å². The van der Waals surface area contributed by atoms with Gasteiger partial charge < -0.3 is 9.84 Å². The monoisotopic (exact) mass is 338 g/mol. The molecule has 1 N–H and O–H groups in total. The maximum Gasteiger partial charge on any atom is 0.325 e. The number of phenols is 1. The maximum absolute atomic E-state index is 12.1. The number of rotatable bonds is 4. The number of non-ortho nitro benzene ring substituents is 1. The zero-order valence-electron chi connectivity index (χ0n) is 11.7. The number of carbonyl (C=O) groups excluding carboxylic acids is 3. The first-order valence-corrected chi connectivity index (χ1v) is 6.94. The summed E-state index contributed by atoms with van der Waals surface area (Å²) < 4.78 is 4.39. The summed E-state index contributed by atoms with van der Waals surface area (Å²) in [6.07, 6.45) is 1.16. The van der Waals surface area contributed by atoms with Crippen LogP contribution in [0.5, 0.6) is 5.75 Å². The lowest BCUT2D eigenvalue weighted by molar-refractivity contribution is -0.384. The normalized spacial score (nSPS) is 16.0. The molecule has 1 aromatic carbocycles. The highest BCUT2D eigenvalue weighted by Gasteiger charge is 2.36. The number of esters is 1. The molecule has 0 bridgehead atoms. The van der Waals surface area contributed by atoms with Gasteiger partial charge in [-0.2, -0.15) is 0 Å². The third-order valence-corrected chi connectivity index (χ3v) is 3.80. The van der Waals surface area contributed by atoms with Crippen molar-refractivity contribution in [2.45, 2.75) is 0 Å². The fourth-order valence-corrected chi connectivity index (χ4v) is 2.57. The van der Waals surface area contributed by atoms with E-state index in [4.69, 9.17) is 0 Å². The quantitative estimate of drug-likeness (QED) is 0.379. The number of methoxy groups -OCH3 is 1. The molecule has 120 valence electrons. The lowest BCUT2D eigenvalue weighted by Gasteiger charge is -2.09. The van der Waals surface area contributed by atoms with Gasteiger partial charge >= 0.3 is 5.97 Å². The average molecular weight is 338 g/mol. The fourth-order valence-electron chi connectivity index (χ4n) is 1.74. The SMILES string of the molecule is COC(=O)CN1C(=O)S/C(=C\c2cc([N+](=O)[O-])ccc2O)C1=O. The standard InChI is InChI=1S/C13H10N2O7S/c1-22-11(17)6-14-12(18)10(23-13(14)19)5-7-4-8(15(20)21)2-3-9(7)16/h2-5,16H,6H2,1H3/b10-5-. The molecule has 2 rings (SSSR count). The second-order valence-electron chi connectivity index (χ2n) is 4.34. The predicted molar refractivity (Wildman–Crippen MR) is 79.5 cm³/mol. The number of carbonyl (C=O) groups is 3. The number of amides is 2. The molecule has 10 heteroatoms. The minimum atomic E-state index is -0.758. The van der Waals surface area contributed by atoms with Gasteiger partial charge in [-0.25, -0.2) is 0 Å². The minimum Gasteiger partial charge on any atom is -0.507 e. The maximum atomic E-state index is 12.1. The first-order chi connectivity index (χ1) is 10.8. The van der Waals surface area contributed by atoms with Gasteiger partial charge in [-0.1, -0.05) is 0 Å². The number of imide groups is 1. The van der Waals surface area contributed by atoms with Gasteiger partial charge in [-0.15, -0.1) is 0 Å². The molecule has 2 amide bonds. The van der Waals surface area contributed by atoms with Crippen LogP contribution in [0.15, 0.2) is 23.1 Å². The van der Waals surface area contributed by atoms with Crippen LogP contribution < -0.4 is 0 Å². The van der Waals surface area contributed by atoms with E-state index in [1.807, 2.05) is 0 Å². The number of nitrogens with zero attached hydrogens (tertiary/aromatic N) is 2. The van der Waals surface area contributed by atoms with E-state index < -0.39 is 28.6 Å². The largest absolute Gasteiger partial charge is 0.507 e. The number of ether oxygens (including phenoxy) is 1. The molecule has 1 heterocycles. The summed E-state index contributed by atoms with van der Waals surface area (Å²) in [5.41, 5.74) is -0.259. The number of nitro benzene ring substituents is 1. The van der Waals surface area contributed by atoms with Crippen LogP contribution in [-0.4, -0.2) is 45.7 Å². The van der Waals surface area contributed by atoms with Crippen molar-refractivity contribution in [3.63, 3.8) is 0 Å². The molecule has 0 aromatic heterocycles. The number of hydrogen-bond acceptors (Lipinski definition) is 8. The second-order valence-corrected chi connectivity index (χ2v) is 5.34. The van der Waals surface area contributed by atoms with Crippen LogP contribution in [0.3, 0.4) is 0 Å². The summed E-state index contributed by atoms with van der Waals surface area (Å²) in [5, 5.41) is 19.8. The van der Waals surface area contributed by atoms with Crippen LogP contribution in [0.2, 0.25) is 0 Å². The topological polar surface area (TPSA) is 127 Å². The summed E-state index contributed by atoms with van der Waals surface area (Å²) in [4.78, 5) is 45.7. The molecule has 23 heavy (non-hydrogen) atoms. The van der Waals surface area contributed by atoms with Crippen LogP contribution in [0.25, 0.3) is 6.08 Å². The van der Waals surface area contributed by atoms with Crippen LogP contribution >= 0.6 is 11.8 Å². The Morgan fingerprint density at radius 2 is 2.17 bits per heavy atom. The van der Waals surface area contributed by atoms with Crippen molar-refractivity contribution in [2.24, 2.45) is 0 Å². The number of aromatic hydroxyl groups is 1. The summed E-state index contributed by atoms with van der Waals surface area (Å²) in [7, 11) is 1.12. The Bertz CT molecular complexity index is 744. The van der Waals surface area contributed by atoms with E-state index in [2.05, 4.69) is 4.74 Å². The third kappa shape index (κ3) is 3.48. The number of benzene rings is 1. The van der Waals surface area contributed by atoms with Crippen LogP contribution in [0.4, 0.5) is 10.5 Å². The van der Waals surface area contributed by atoms with E-state index in [9.17, 15) is 29.6 Å². The molecular formula is C13H10N2O7S. The smallest absolute Gasteiger partial charge is 0.325 e. The lowest BCUT2D eigenvalue weighted by Crippen LogP contribution is -2.34. The lowest BCUT2D eigenvalue weighted by atomic mass is 10.1. The zero-order chi connectivity index (χ0) is 17.1. The number of hydrogen-bond donors (Lipinski definition) is 1. The van der Waals surface area contributed by atoms with Gasteiger partial charge in [-0.3, -0.25) is 29.4 Å². The molecule has 0 saturated carbocycles. The van der Waals surface area contributed by atoms with Crippen molar-refractivity contribution in [3.8, 4) is 5.75 Å². The van der Waals surface area contributed by atoms with Gasteiger partial charge in [0.1, 0.15) is 12.3 Å². The Morgan fingerprint density at radius 1 is 1.48 bits per heavy atom. The minimum absolute atomic E-state index is 0.0165. The highest BCUT2D eigenvalue weighted by atomic mass is 32.2. The van der Waals surface area contributed by atoms with Crippen molar-refractivity contribution in [2.75, 3.05) is 13.7 Å². The Morgan fingerprint density at radius 3 is 2.78 bits per heavy atom. The van der Waals surface area contributed by atoms with E-state index in [1.165, 1.54) is 0 Å². The summed E-state index contributed by atoms with van der Waals surface area (Å²) in [6.45, 7) is -0.528. The Balaban J connectivity index is 2.32. The number of phenolic OH excluding ortho intramolecular Hbond substituents is 1. The van der Waals surface area contributed by atoms with Crippen LogP contribution in [-0.2, 0) is 14.3 Å². The molecule has 0 spiro atoms. The fraction of sp³-hybridized carbons (Fsp3) is 0.154. The summed E-state index contributed by atoms with van der Waals surface area (Å²) >= 11 is 0.562. The van der Waals surface area contributed by atoms with Crippen molar-refractivity contribution in [1.29, 1.82) is 0 Å². The first-order valence-electron chi connectivity index (χ1n) is 6.13. The molecular weight excluding hydrogens is 328 g/mol. The van der Waals surface area contributed by atoms with E-state index >= 15 is 0 Å². The third-order valence-electron chi connectivity index (χ3n) is 2.90. The molecule has 9 nitrogen and oxygen atoms in total. The van der Waals surface area contributed by atoms with Gasteiger partial charge in [0.15, 0.2) is 0 Å². The van der Waals surface area contributed by atoms with Gasteiger partial charge in [0.2, 0.25) is 0 Å². The summed E-state index contributed by atoms with van der Waals surface area (Å²) in [5.74, 6) is -1.78. The van der Waals surface area contributed by atoms with Gasteiger partial charge in [0.25, 0.3) is 16.8 Å². The van der Waals surface area contributed by atoms with Gasteiger partial charge in [0, 0.05) is 17.7 Å². The molecule has 1 aliphatic rings. The number of nitro groups is 1. The Labute approximate surface area is 133 Å². The number of thioether (sulfide) groups is 1. The molecule has 0 atom stereocenters. The highest BCUT2D eigenvalue weighted by Crippen LogP contribution is 2.34. The van der Waals surface area contributed by atoms with Crippen LogP contribution in [0.1, 0.15) is 5.56 Å². The molecule has 1 saturated heterocycles. The van der Waals surface area contributed by atoms with Crippen molar-refractivity contribution < 1.29 is 29.2 Å². The molecule has 1 aliphatic heterocycles. The Kier molecular flexibility index (Phi) is 4.65. The molecule has 1 fully saturated rings. The van der Waals surface area contributed by atoms with Crippen molar-refractivity contribution in [1.82, 2.24) is 4.90 Å². The summed E-state index contributed by atoms with van der Waals surface area (Å²) in [6, 6.07) is 3.29. The van der Waals surface area contributed by atoms with E-state index in [1.54, 1.807) is 0 Å². The van der Waals surface area contributed by atoms with Gasteiger partial charge in [-0.05, 0) is 23.9 Å². The molecule has 0 aliphatic carbocycles. The molecule has 1 aromatic rings. The average Bonchev–Trinajstić information content (AvgIpc) is 2.76. The van der Waals surface area contributed by atoms with Crippen molar-refractivity contribution >= 4 is 40.6 Å². The second kappa shape index (κ2) is 6.48. The molecule has 0 unspecified atom stereocenters. The van der Waals surface area contributed by atoms with Crippen LogP contribution in [0, 0.1) is 10.1 Å². The van der Waals surface area contributed by atoms with E-state index in [-0.39, 0.29) is 21.9 Å². The highest BCUT2D eigenvalue weighted by molar-refractivity contribution is 8.18. The molecule has 0 radical (unpaired) electrons. The first kappa shape index (κ1) is 16.5.